The number of fused-ring (bicyclic) bond motifs is 2. The first-order valence-electron chi connectivity index (χ1n) is 8.62. The summed E-state index contributed by atoms with van der Waals surface area (Å²) in [6, 6.07) is 10.4. The van der Waals surface area contributed by atoms with Crippen LogP contribution in [0.15, 0.2) is 42.7 Å². The molecule has 0 aliphatic carbocycles. The SMILES string of the molecule is CC(Oc1ccccc1)C(=O)N1C2CCC1CC(n1nccn1)C2. The zero-order valence-corrected chi connectivity index (χ0v) is 13.8. The summed E-state index contributed by atoms with van der Waals surface area (Å²) in [4.78, 5) is 16.8. The molecule has 2 bridgehead atoms. The van der Waals surface area contributed by atoms with E-state index in [0.29, 0.717) is 6.04 Å². The van der Waals surface area contributed by atoms with E-state index in [2.05, 4.69) is 15.1 Å². The minimum absolute atomic E-state index is 0.0956. The molecule has 6 heteroatoms. The molecule has 6 nitrogen and oxygen atoms in total. The van der Waals surface area contributed by atoms with Crippen LogP contribution in [0.3, 0.4) is 0 Å². The molecule has 1 aromatic heterocycles. The lowest BCUT2D eigenvalue weighted by molar-refractivity contribution is -0.143. The van der Waals surface area contributed by atoms with E-state index < -0.39 is 6.10 Å². The second kappa shape index (κ2) is 6.26. The van der Waals surface area contributed by atoms with Crippen molar-refractivity contribution in [1.82, 2.24) is 19.9 Å². The fourth-order valence-corrected chi connectivity index (χ4v) is 4.07. The maximum absolute atomic E-state index is 12.9. The van der Waals surface area contributed by atoms with E-state index in [1.54, 1.807) is 17.2 Å². The van der Waals surface area contributed by atoms with Crippen LogP contribution in [0.2, 0.25) is 0 Å². The second-order valence-corrected chi connectivity index (χ2v) is 6.68. The summed E-state index contributed by atoms with van der Waals surface area (Å²) in [6.45, 7) is 1.84. The monoisotopic (exact) mass is 326 g/mol. The van der Waals surface area contributed by atoms with Crippen molar-refractivity contribution < 1.29 is 9.53 Å². The molecule has 3 unspecified atom stereocenters. The molecule has 24 heavy (non-hydrogen) atoms. The summed E-state index contributed by atoms with van der Waals surface area (Å²) in [5.41, 5.74) is 0. The summed E-state index contributed by atoms with van der Waals surface area (Å²) in [7, 11) is 0. The predicted octanol–water partition coefficient (Wildman–Crippen LogP) is 2.44. The van der Waals surface area contributed by atoms with E-state index in [1.807, 2.05) is 37.3 Å². The number of rotatable bonds is 4. The van der Waals surface area contributed by atoms with Crippen molar-refractivity contribution in [3.05, 3.63) is 42.7 Å². The number of amides is 1. The van der Waals surface area contributed by atoms with Crippen LogP contribution in [-0.4, -0.2) is 44.0 Å². The van der Waals surface area contributed by atoms with Crippen molar-refractivity contribution in [2.45, 2.75) is 56.8 Å². The van der Waals surface area contributed by atoms with Crippen molar-refractivity contribution >= 4 is 5.91 Å². The Morgan fingerprint density at radius 2 is 1.71 bits per heavy atom. The summed E-state index contributed by atoms with van der Waals surface area (Å²) < 4.78 is 5.83. The highest BCUT2D eigenvalue weighted by molar-refractivity contribution is 5.82. The van der Waals surface area contributed by atoms with Gasteiger partial charge in [-0.15, -0.1) is 0 Å². The molecular weight excluding hydrogens is 304 g/mol. The zero-order chi connectivity index (χ0) is 16.5. The van der Waals surface area contributed by atoms with Gasteiger partial charge in [-0.3, -0.25) is 4.79 Å². The van der Waals surface area contributed by atoms with Gasteiger partial charge in [0, 0.05) is 12.1 Å². The van der Waals surface area contributed by atoms with Gasteiger partial charge in [-0.2, -0.15) is 15.0 Å². The molecule has 2 aliphatic rings. The third kappa shape index (κ3) is 2.77. The van der Waals surface area contributed by atoms with Gasteiger partial charge in [0.15, 0.2) is 6.10 Å². The molecule has 2 saturated heterocycles. The van der Waals surface area contributed by atoms with Crippen molar-refractivity contribution in [3.63, 3.8) is 0 Å². The highest BCUT2D eigenvalue weighted by Gasteiger charge is 2.45. The number of nitrogens with zero attached hydrogens (tertiary/aromatic N) is 4. The van der Waals surface area contributed by atoms with Gasteiger partial charge in [-0.1, -0.05) is 18.2 Å². The first-order valence-corrected chi connectivity index (χ1v) is 8.62. The Hall–Kier alpha value is -2.37. The quantitative estimate of drug-likeness (QED) is 0.866. The molecule has 0 saturated carbocycles. The average Bonchev–Trinajstić information content (AvgIpc) is 3.22. The van der Waals surface area contributed by atoms with Gasteiger partial charge < -0.3 is 9.64 Å². The minimum Gasteiger partial charge on any atom is -0.481 e. The van der Waals surface area contributed by atoms with Gasteiger partial charge in [-0.05, 0) is 44.7 Å². The fraction of sp³-hybridized carbons (Fsp3) is 0.500. The van der Waals surface area contributed by atoms with Crippen LogP contribution in [0.4, 0.5) is 0 Å². The number of ether oxygens (including phenoxy) is 1. The number of carbonyl (C=O) groups is 1. The van der Waals surface area contributed by atoms with Crippen LogP contribution >= 0.6 is 0 Å². The molecule has 2 aliphatic heterocycles. The Morgan fingerprint density at radius 3 is 2.33 bits per heavy atom. The standard InChI is InChI=1S/C18H22N4O2/c1-13(24-17-5-3-2-4-6-17)18(23)21-14-7-8-15(21)12-16(11-14)22-19-9-10-20-22/h2-6,9-10,13-16H,7-8,11-12H2,1H3. The molecule has 3 heterocycles. The molecule has 1 aromatic carbocycles. The summed E-state index contributed by atoms with van der Waals surface area (Å²) in [6.07, 6.45) is 6.95. The number of benzene rings is 1. The van der Waals surface area contributed by atoms with E-state index >= 15 is 0 Å². The molecule has 0 spiro atoms. The third-order valence-corrected chi connectivity index (χ3v) is 5.13. The summed E-state index contributed by atoms with van der Waals surface area (Å²) in [5, 5.41) is 8.55. The van der Waals surface area contributed by atoms with Gasteiger partial charge in [-0.25, -0.2) is 0 Å². The third-order valence-electron chi connectivity index (χ3n) is 5.13. The number of aromatic nitrogens is 3. The molecule has 1 amide bonds. The fourth-order valence-electron chi connectivity index (χ4n) is 4.07. The predicted molar refractivity (Wildman–Crippen MR) is 88.5 cm³/mol. The Bertz CT molecular complexity index is 674. The van der Waals surface area contributed by atoms with Gasteiger partial charge in [0.25, 0.3) is 5.91 Å². The van der Waals surface area contributed by atoms with Crippen molar-refractivity contribution in [2.24, 2.45) is 0 Å². The summed E-state index contributed by atoms with van der Waals surface area (Å²) >= 11 is 0. The number of hydrogen-bond acceptors (Lipinski definition) is 4. The Morgan fingerprint density at radius 1 is 1.08 bits per heavy atom. The number of hydrogen-bond donors (Lipinski definition) is 0. The normalized spacial score (nSPS) is 27.0. The molecule has 2 fully saturated rings. The van der Waals surface area contributed by atoms with E-state index in [4.69, 9.17) is 4.74 Å². The van der Waals surface area contributed by atoms with Gasteiger partial charge in [0.2, 0.25) is 0 Å². The molecule has 0 radical (unpaired) electrons. The Kier molecular flexibility index (Phi) is 3.96. The molecule has 0 N–H and O–H groups in total. The van der Waals surface area contributed by atoms with Crippen molar-refractivity contribution in [2.75, 3.05) is 0 Å². The maximum atomic E-state index is 12.9. The van der Waals surface area contributed by atoms with Gasteiger partial charge in [0.05, 0.1) is 18.4 Å². The minimum atomic E-state index is -0.463. The van der Waals surface area contributed by atoms with Gasteiger partial charge in [0.1, 0.15) is 5.75 Å². The molecule has 126 valence electrons. The van der Waals surface area contributed by atoms with Gasteiger partial charge >= 0.3 is 0 Å². The second-order valence-electron chi connectivity index (χ2n) is 6.68. The Labute approximate surface area is 141 Å². The van der Waals surface area contributed by atoms with Crippen molar-refractivity contribution in [3.8, 4) is 5.75 Å². The summed E-state index contributed by atoms with van der Waals surface area (Å²) in [5.74, 6) is 0.833. The largest absolute Gasteiger partial charge is 0.481 e. The first-order chi connectivity index (χ1) is 11.7. The number of piperidine rings is 1. The van der Waals surface area contributed by atoms with Crippen LogP contribution in [0.5, 0.6) is 5.75 Å². The van der Waals surface area contributed by atoms with Crippen LogP contribution in [0, 0.1) is 0 Å². The number of carbonyl (C=O) groups excluding carboxylic acids is 1. The smallest absolute Gasteiger partial charge is 0.263 e. The highest BCUT2D eigenvalue weighted by atomic mass is 16.5. The van der Waals surface area contributed by atoms with Crippen LogP contribution in [0.25, 0.3) is 0 Å². The lowest BCUT2D eigenvalue weighted by Crippen LogP contribution is -2.51. The van der Waals surface area contributed by atoms with Crippen LogP contribution < -0.4 is 4.74 Å². The van der Waals surface area contributed by atoms with Crippen LogP contribution in [0.1, 0.15) is 38.6 Å². The Balaban J connectivity index is 1.44. The van der Waals surface area contributed by atoms with E-state index in [9.17, 15) is 4.79 Å². The molecule has 4 rings (SSSR count). The van der Waals surface area contributed by atoms with E-state index in [1.165, 1.54) is 0 Å². The topological polar surface area (TPSA) is 60.2 Å². The number of para-hydroxylation sites is 1. The van der Waals surface area contributed by atoms with E-state index in [0.717, 1.165) is 31.4 Å². The maximum Gasteiger partial charge on any atom is 0.263 e. The van der Waals surface area contributed by atoms with Crippen LogP contribution in [-0.2, 0) is 4.79 Å². The molecule has 2 aromatic rings. The first kappa shape index (κ1) is 15.2. The molecular formula is C18H22N4O2. The van der Waals surface area contributed by atoms with Crippen molar-refractivity contribution in [1.29, 1.82) is 0 Å². The zero-order valence-electron chi connectivity index (χ0n) is 13.8. The van der Waals surface area contributed by atoms with E-state index in [-0.39, 0.29) is 18.0 Å². The average molecular weight is 326 g/mol. The lowest BCUT2D eigenvalue weighted by Gasteiger charge is -2.39. The molecule has 3 atom stereocenters. The lowest BCUT2D eigenvalue weighted by atomic mass is 9.97. The highest BCUT2D eigenvalue weighted by Crippen LogP contribution is 2.40.